The van der Waals surface area contributed by atoms with Crippen molar-refractivity contribution in [3.05, 3.63) is 53.2 Å². The van der Waals surface area contributed by atoms with Gasteiger partial charge in [-0.05, 0) is 31.7 Å². The van der Waals surface area contributed by atoms with Crippen molar-refractivity contribution in [2.75, 3.05) is 7.05 Å². The third-order valence-electron chi connectivity index (χ3n) is 2.92. The molecule has 5 nitrogen and oxygen atoms in total. The Balaban J connectivity index is 1.97. The van der Waals surface area contributed by atoms with Crippen LogP contribution < -0.4 is 0 Å². The Hall–Kier alpha value is -2.14. The number of benzene rings is 1. The minimum Gasteiger partial charge on any atom is -0.478 e. The Morgan fingerprint density at radius 3 is 2.53 bits per heavy atom. The van der Waals surface area contributed by atoms with Gasteiger partial charge in [-0.1, -0.05) is 12.1 Å². The van der Waals surface area contributed by atoms with Crippen molar-refractivity contribution >= 4 is 5.97 Å². The molecular weight excluding hydrogens is 244 g/mol. The second kappa shape index (κ2) is 5.67. The van der Waals surface area contributed by atoms with Gasteiger partial charge in [0.05, 0.1) is 11.3 Å². The molecule has 19 heavy (non-hydrogen) atoms. The first kappa shape index (κ1) is 13.3. The van der Waals surface area contributed by atoms with E-state index in [0.717, 1.165) is 23.6 Å². The number of oxazole rings is 1. The van der Waals surface area contributed by atoms with Crippen molar-refractivity contribution in [3.63, 3.8) is 0 Å². The quantitative estimate of drug-likeness (QED) is 0.893. The van der Waals surface area contributed by atoms with Crippen LogP contribution in [-0.2, 0) is 13.1 Å². The van der Waals surface area contributed by atoms with Crippen LogP contribution in [0.2, 0.25) is 0 Å². The maximum Gasteiger partial charge on any atom is 0.335 e. The van der Waals surface area contributed by atoms with E-state index in [1.807, 2.05) is 26.1 Å². The molecule has 0 spiro atoms. The lowest BCUT2D eigenvalue weighted by atomic mass is 10.1. The van der Waals surface area contributed by atoms with E-state index in [1.165, 1.54) is 6.39 Å². The summed E-state index contributed by atoms with van der Waals surface area (Å²) in [6.45, 7) is 3.31. The normalized spacial score (nSPS) is 10.9. The third kappa shape index (κ3) is 3.42. The van der Waals surface area contributed by atoms with E-state index in [4.69, 9.17) is 9.52 Å². The molecule has 100 valence electrons. The molecule has 5 heteroatoms. The van der Waals surface area contributed by atoms with Gasteiger partial charge in [-0.25, -0.2) is 9.78 Å². The van der Waals surface area contributed by atoms with Gasteiger partial charge in [0, 0.05) is 13.1 Å². The van der Waals surface area contributed by atoms with E-state index in [-0.39, 0.29) is 0 Å². The SMILES string of the molecule is Cc1ocnc1CN(C)Cc1ccc(C(=O)O)cc1. The molecule has 0 bridgehead atoms. The van der Waals surface area contributed by atoms with Crippen molar-refractivity contribution in [1.82, 2.24) is 9.88 Å². The van der Waals surface area contributed by atoms with E-state index in [1.54, 1.807) is 12.1 Å². The number of carboxylic acid groups (broad SMARTS) is 1. The summed E-state index contributed by atoms with van der Waals surface area (Å²) < 4.78 is 5.15. The van der Waals surface area contributed by atoms with E-state index in [2.05, 4.69) is 9.88 Å². The van der Waals surface area contributed by atoms with Crippen LogP contribution in [0.1, 0.15) is 27.4 Å². The van der Waals surface area contributed by atoms with Crippen molar-refractivity contribution in [1.29, 1.82) is 0 Å². The molecule has 0 amide bonds. The second-order valence-corrected chi connectivity index (χ2v) is 4.53. The predicted molar refractivity (Wildman–Crippen MR) is 69.8 cm³/mol. The van der Waals surface area contributed by atoms with E-state index >= 15 is 0 Å². The van der Waals surface area contributed by atoms with Crippen molar-refractivity contribution in [2.24, 2.45) is 0 Å². The molecule has 2 aromatic rings. The lowest BCUT2D eigenvalue weighted by Crippen LogP contribution is -2.18. The molecule has 0 aliphatic heterocycles. The zero-order valence-corrected chi connectivity index (χ0v) is 11.0. The van der Waals surface area contributed by atoms with Gasteiger partial charge < -0.3 is 9.52 Å². The van der Waals surface area contributed by atoms with Gasteiger partial charge in [-0.15, -0.1) is 0 Å². The van der Waals surface area contributed by atoms with Gasteiger partial charge >= 0.3 is 5.97 Å². The largest absolute Gasteiger partial charge is 0.478 e. The van der Waals surface area contributed by atoms with Crippen LogP contribution >= 0.6 is 0 Å². The number of hydrogen-bond acceptors (Lipinski definition) is 4. The number of nitrogens with zero attached hydrogens (tertiary/aromatic N) is 2. The molecule has 2 rings (SSSR count). The molecule has 0 radical (unpaired) electrons. The van der Waals surface area contributed by atoms with E-state index in [0.29, 0.717) is 12.1 Å². The summed E-state index contributed by atoms with van der Waals surface area (Å²) in [5.74, 6) is -0.0776. The number of aromatic nitrogens is 1. The Bertz CT molecular complexity index is 560. The fraction of sp³-hybridized carbons (Fsp3) is 0.286. The second-order valence-electron chi connectivity index (χ2n) is 4.53. The van der Waals surface area contributed by atoms with Gasteiger partial charge in [0.1, 0.15) is 5.76 Å². The van der Waals surface area contributed by atoms with Gasteiger partial charge in [0.25, 0.3) is 0 Å². The van der Waals surface area contributed by atoms with Crippen LogP contribution in [0.3, 0.4) is 0 Å². The molecule has 1 N–H and O–H groups in total. The maximum atomic E-state index is 10.8. The smallest absolute Gasteiger partial charge is 0.335 e. The summed E-state index contributed by atoms with van der Waals surface area (Å²) in [5.41, 5.74) is 2.29. The van der Waals surface area contributed by atoms with Crippen LogP contribution in [0.4, 0.5) is 0 Å². The average Bonchev–Trinajstić information content (AvgIpc) is 2.75. The Morgan fingerprint density at radius 1 is 1.32 bits per heavy atom. The monoisotopic (exact) mass is 260 g/mol. The number of carbonyl (C=O) groups is 1. The van der Waals surface area contributed by atoms with Gasteiger partial charge in [-0.3, -0.25) is 4.90 Å². The first-order valence-electron chi connectivity index (χ1n) is 5.96. The fourth-order valence-corrected chi connectivity index (χ4v) is 1.86. The molecule has 0 atom stereocenters. The Morgan fingerprint density at radius 2 is 2.00 bits per heavy atom. The Kier molecular flexibility index (Phi) is 3.97. The van der Waals surface area contributed by atoms with E-state index < -0.39 is 5.97 Å². The van der Waals surface area contributed by atoms with Crippen LogP contribution in [0.25, 0.3) is 0 Å². The molecule has 1 aromatic heterocycles. The summed E-state index contributed by atoms with van der Waals surface area (Å²) in [5, 5.41) is 8.83. The summed E-state index contributed by atoms with van der Waals surface area (Å²) >= 11 is 0. The summed E-state index contributed by atoms with van der Waals surface area (Å²) in [7, 11) is 1.99. The molecule has 0 fully saturated rings. The molecule has 0 saturated carbocycles. The van der Waals surface area contributed by atoms with E-state index in [9.17, 15) is 4.79 Å². The topological polar surface area (TPSA) is 66.6 Å². The fourth-order valence-electron chi connectivity index (χ4n) is 1.86. The average molecular weight is 260 g/mol. The molecule has 1 aromatic carbocycles. The van der Waals surface area contributed by atoms with Gasteiger partial charge in [0.15, 0.2) is 6.39 Å². The van der Waals surface area contributed by atoms with Crippen LogP contribution in [0.15, 0.2) is 35.1 Å². The molecule has 1 heterocycles. The highest BCUT2D eigenvalue weighted by Crippen LogP contribution is 2.11. The summed E-state index contributed by atoms with van der Waals surface area (Å²) in [4.78, 5) is 17.0. The van der Waals surface area contributed by atoms with Gasteiger partial charge in [0.2, 0.25) is 0 Å². The highest BCUT2D eigenvalue weighted by Gasteiger charge is 2.08. The molecule has 0 aliphatic carbocycles. The van der Waals surface area contributed by atoms with Crippen LogP contribution in [-0.4, -0.2) is 28.0 Å². The maximum absolute atomic E-state index is 10.8. The Labute approximate surface area is 111 Å². The highest BCUT2D eigenvalue weighted by atomic mass is 16.4. The minimum atomic E-state index is -0.905. The molecular formula is C14H16N2O3. The number of aromatic carboxylic acids is 1. The number of aryl methyl sites for hydroxylation is 1. The molecule has 0 saturated heterocycles. The number of rotatable bonds is 5. The van der Waals surface area contributed by atoms with Crippen molar-refractivity contribution in [3.8, 4) is 0 Å². The highest BCUT2D eigenvalue weighted by molar-refractivity contribution is 5.87. The zero-order valence-electron chi connectivity index (χ0n) is 11.0. The van der Waals surface area contributed by atoms with Crippen LogP contribution in [0, 0.1) is 6.92 Å². The standard InChI is InChI=1S/C14H16N2O3/c1-10-13(15-9-19-10)8-16(2)7-11-3-5-12(6-4-11)14(17)18/h3-6,9H,7-8H2,1-2H3,(H,17,18). The number of carboxylic acids is 1. The minimum absolute atomic E-state index is 0.304. The van der Waals surface area contributed by atoms with Crippen molar-refractivity contribution < 1.29 is 14.3 Å². The van der Waals surface area contributed by atoms with Crippen LogP contribution in [0.5, 0.6) is 0 Å². The lowest BCUT2D eigenvalue weighted by Gasteiger charge is -2.15. The predicted octanol–water partition coefficient (Wildman–Crippen LogP) is 2.31. The summed E-state index contributed by atoms with van der Waals surface area (Å²) in [6.07, 6.45) is 1.44. The third-order valence-corrected chi connectivity index (χ3v) is 2.92. The molecule has 0 aliphatic rings. The molecule has 0 unspecified atom stereocenters. The first-order chi connectivity index (χ1) is 9.06. The summed E-state index contributed by atoms with van der Waals surface area (Å²) in [6, 6.07) is 6.89. The zero-order chi connectivity index (χ0) is 13.8. The first-order valence-corrected chi connectivity index (χ1v) is 5.96. The number of hydrogen-bond donors (Lipinski definition) is 1. The lowest BCUT2D eigenvalue weighted by molar-refractivity contribution is 0.0697. The van der Waals surface area contributed by atoms with Crippen molar-refractivity contribution in [2.45, 2.75) is 20.0 Å². The van der Waals surface area contributed by atoms with Gasteiger partial charge in [-0.2, -0.15) is 0 Å².